The Bertz CT molecular complexity index is 664. The van der Waals surface area contributed by atoms with Gasteiger partial charge in [0.25, 0.3) is 5.91 Å². The van der Waals surface area contributed by atoms with Crippen LogP contribution in [0.5, 0.6) is 5.75 Å². The molecule has 0 saturated heterocycles. The fourth-order valence-corrected chi connectivity index (χ4v) is 2.68. The molecule has 2 aromatic rings. The zero-order valence-corrected chi connectivity index (χ0v) is 15.4. The molecule has 0 heterocycles. The number of ether oxygens (including phenoxy) is 1. The maximum Gasteiger partial charge on any atom is 0.255 e. The van der Waals surface area contributed by atoms with Crippen molar-refractivity contribution in [2.45, 2.75) is 33.9 Å². The first-order valence-electron chi connectivity index (χ1n) is 8.98. The van der Waals surface area contributed by atoms with Crippen LogP contribution in [-0.2, 0) is 13.1 Å². The molecule has 0 aliphatic rings. The normalized spacial score (nSPS) is 10.7. The average Bonchev–Trinajstić information content (AvgIpc) is 2.66. The number of hydrogen-bond donors (Lipinski definition) is 1. The molecule has 0 radical (unpaired) electrons. The molecule has 4 heteroatoms. The molecule has 134 valence electrons. The van der Waals surface area contributed by atoms with E-state index in [4.69, 9.17) is 4.74 Å². The van der Waals surface area contributed by atoms with Gasteiger partial charge in [-0.2, -0.15) is 0 Å². The van der Waals surface area contributed by atoms with Crippen LogP contribution >= 0.6 is 0 Å². The maximum absolute atomic E-state index is 12.4. The monoisotopic (exact) mass is 340 g/mol. The second-order valence-corrected chi connectivity index (χ2v) is 5.89. The van der Waals surface area contributed by atoms with Crippen LogP contribution in [0.25, 0.3) is 0 Å². The van der Waals surface area contributed by atoms with E-state index >= 15 is 0 Å². The Labute approximate surface area is 150 Å². The Balaban J connectivity index is 1.94. The van der Waals surface area contributed by atoms with E-state index in [2.05, 4.69) is 48.3 Å². The zero-order chi connectivity index (χ0) is 18.1. The summed E-state index contributed by atoms with van der Waals surface area (Å²) < 4.78 is 5.52. The Kier molecular flexibility index (Phi) is 7.48. The third kappa shape index (κ3) is 5.61. The van der Waals surface area contributed by atoms with Gasteiger partial charge in [0.05, 0.1) is 12.2 Å². The minimum absolute atomic E-state index is 0.115. The molecule has 0 saturated carbocycles. The third-order valence-electron chi connectivity index (χ3n) is 4.21. The standard InChI is InChI=1S/C21H28N2O2/c1-4-23(5-2)16-18-13-11-17(12-14-18)15-22-21(24)19-9-7-8-10-20(19)25-6-3/h7-14H,4-6,15-16H2,1-3H3,(H,22,24). The topological polar surface area (TPSA) is 41.6 Å². The van der Waals surface area contributed by atoms with Gasteiger partial charge >= 0.3 is 0 Å². The van der Waals surface area contributed by atoms with Crippen LogP contribution in [-0.4, -0.2) is 30.5 Å². The van der Waals surface area contributed by atoms with Crippen molar-refractivity contribution in [3.05, 3.63) is 65.2 Å². The largest absolute Gasteiger partial charge is 0.493 e. The van der Waals surface area contributed by atoms with Crippen molar-refractivity contribution in [2.24, 2.45) is 0 Å². The quantitative estimate of drug-likeness (QED) is 0.754. The van der Waals surface area contributed by atoms with Crippen LogP contribution in [0, 0.1) is 0 Å². The van der Waals surface area contributed by atoms with Gasteiger partial charge in [0.15, 0.2) is 0 Å². The number of nitrogens with one attached hydrogen (secondary N) is 1. The molecular weight excluding hydrogens is 312 g/mol. The summed E-state index contributed by atoms with van der Waals surface area (Å²) in [6.45, 7) is 10.4. The van der Waals surface area contributed by atoms with Crippen molar-refractivity contribution >= 4 is 5.91 Å². The van der Waals surface area contributed by atoms with Crippen molar-refractivity contribution < 1.29 is 9.53 Å². The van der Waals surface area contributed by atoms with Gasteiger partial charge in [-0.1, -0.05) is 50.2 Å². The summed E-state index contributed by atoms with van der Waals surface area (Å²) in [6, 6.07) is 15.7. The average molecular weight is 340 g/mol. The fourth-order valence-electron chi connectivity index (χ4n) is 2.68. The van der Waals surface area contributed by atoms with Crippen molar-refractivity contribution in [1.29, 1.82) is 0 Å². The first kappa shape index (κ1) is 19.0. The van der Waals surface area contributed by atoms with Crippen molar-refractivity contribution in [1.82, 2.24) is 10.2 Å². The molecule has 0 fully saturated rings. The molecule has 25 heavy (non-hydrogen) atoms. The molecule has 0 unspecified atom stereocenters. The predicted molar refractivity (Wildman–Crippen MR) is 102 cm³/mol. The third-order valence-corrected chi connectivity index (χ3v) is 4.21. The highest BCUT2D eigenvalue weighted by atomic mass is 16.5. The number of hydrogen-bond acceptors (Lipinski definition) is 3. The molecule has 0 aromatic heterocycles. The van der Waals surface area contributed by atoms with Gasteiger partial charge in [-0.05, 0) is 43.3 Å². The minimum atomic E-state index is -0.115. The first-order chi connectivity index (χ1) is 12.2. The summed E-state index contributed by atoms with van der Waals surface area (Å²) in [7, 11) is 0. The van der Waals surface area contributed by atoms with Crippen LogP contribution in [0.4, 0.5) is 0 Å². The highest BCUT2D eigenvalue weighted by molar-refractivity contribution is 5.96. The first-order valence-corrected chi connectivity index (χ1v) is 8.98. The van der Waals surface area contributed by atoms with Crippen LogP contribution < -0.4 is 10.1 Å². The Morgan fingerprint density at radius 2 is 1.60 bits per heavy atom. The van der Waals surface area contributed by atoms with E-state index in [1.807, 2.05) is 25.1 Å². The predicted octanol–water partition coefficient (Wildman–Crippen LogP) is 3.86. The zero-order valence-electron chi connectivity index (χ0n) is 15.4. The number of carbonyl (C=O) groups excluding carboxylic acids is 1. The molecule has 1 amide bonds. The van der Waals surface area contributed by atoms with Gasteiger partial charge in [-0.15, -0.1) is 0 Å². The van der Waals surface area contributed by atoms with Crippen molar-refractivity contribution in [3.63, 3.8) is 0 Å². The summed E-state index contributed by atoms with van der Waals surface area (Å²) in [5.41, 5.74) is 2.95. The van der Waals surface area contributed by atoms with Gasteiger partial charge < -0.3 is 10.1 Å². The molecule has 0 spiro atoms. The van der Waals surface area contributed by atoms with E-state index in [-0.39, 0.29) is 5.91 Å². The van der Waals surface area contributed by atoms with E-state index in [1.165, 1.54) is 5.56 Å². The van der Waals surface area contributed by atoms with Crippen LogP contribution in [0.2, 0.25) is 0 Å². The van der Waals surface area contributed by atoms with Crippen molar-refractivity contribution in [3.8, 4) is 5.75 Å². The van der Waals surface area contributed by atoms with Crippen LogP contribution in [0.15, 0.2) is 48.5 Å². The lowest BCUT2D eigenvalue weighted by Gasteiger charge is -2.18. The second-order valence-electron chi connectivity index (χ2n) is 5.89. The van der Waals surface area contributed by atoms with Gasteiger partial charge in [0.1, 0.15) is 5.75 Å². The fraction of sp³-hybridized carbons (Fsp3) is 0.381. The van der Waals surface area contributed by atoms with E-state index < -0.39 is 0 Å². The SMILES string of the molecule is CCOc1ccccc1C(=O)NCc1ccc(CN(CC)CC)cc1. The summed E-state index contributed by atoms with van der Waals surface area (Å²) in [5, 5.41) is 2.97. The number of rotatable bonds is 9. The maximum atomic E-state index is 12.4. The van der Waals surface area contributed by atoms with Crippen molar-refractivity contribution in [2.75, 3.05) is 19.7 Å². The molecule has 2 rings (SSSR count). The highest BCUT2D eigenvalue weighted by Gasteiger charge is 2.11. The van der Waals surface area contributed by atoms with E-state index in [0.717, 1.165) is 25.2 Å². The molecule has 2 aromatic carbocycles. The minimum Gasteiger partial charge on any atom is -0.493 e. The highest BCUT2D eigenvalue weighted by Crippen LogP contribution is 2.18. The number of amides is 1. The lowest BCUT2D eigenvalue weighted by molar-refractivity contribution is 0.0947. The van der Waals surface area contributed by atoms with Crippen LogP contribution in [0.1, 0.15) is 42.3 Å². The Morgan fingerprint density at radius 1 is 0.960 bits per heavy atom. The number of carbonyl (C=O) groups is 1. The second kappa shape index (κ2) is 9.84. The molecule has 0 atom stereocenters. The molecule has 1 N–H and O–H groups in total. The van der Waals surface area contributed by atoms with E-state index in [0.29, 0.717) is 24.5 Å². The molecule has 0 aliphatic heterocycles. The van der Waals surface area contributed by atoms with Gasteiger partial charge in [0, 0.05) is 13.1 Å². The number of nitrogens with zero attached hydrogens (tertiary/aromatic N) is 1. The van der Waals surface area contributed by atoms with E-state index in [9.17, 15) is 4.79 Å². The Hall–Kier alpha value is -2.33. The van der Waals surface area contributed by atoms with Gasteiger partial charge in [-0.3, -0.25) is 9.69 Å². The van der Waals surface area contributed by atoms with E-state index in [1.54, 1.807) is 6.07 Å². The molecule has 0 bridgehead atoms. The molecular formula is C21H28N2O2. The van der Waals surface area contributed by atoms with Gasteiger partial charge in [-0.25, -0.2) is 0 Å². The summed E-state index contributed by atoms with van der Waals surface area (Å²) in [4.78, 5) is 14.8. The van der Waals surface area contributed by atoms with Gasteiger partial charge in [0.2, 0.25) is 0 Å². The lowest BCUT2D eigenvalue weighted by Crippen LogP contribution is -2.24. The lowest BCUT2D eigenvalue weighted by atomic mass is 10.1. The summed E-state index contributed by atoms with van der Waals surface area (Å²) in [6.07, 6.45) is 0. The van der Waals surface area contributed by atoms with Crippen LogP contribution in [0.3, 0.4) is 0 Å². The molecule has 4 nitrogen and oxygen atoms in total. The smallest absolute Gasteiger partial charge is 0.255 e. The number of benzene rings is 2. The Morgan fingerprint density at radius 3 is 2.24 bits per heavy atom. The molecule has 0 aliphatic carbocycles. The summed E-state index contributed by atoms with van der Waals surface area (Å²) in [5.74, 6) is 0.508. The number of para-hydroxylation sites is 1. The summed E-state index contributed by atoms with van der Waals surface area (Å²) >= 11 is 0.